The third-order valence-corrected chi connectivity index (χ3v) is 4.65. The molecular weight excluding hydrogens is 336 g/mol. The zero-order valence-corrected chi connectivity index (χ0v) is 15.4. The molecule has 0 fully saturated rings. The number of nitrogens with one attached hydrogen (secondary N) is 2. The Hall–Kier alpha value is -3.14. The lowest BCUT2D eigenvalue weighted by molar-refractivity contribution is -0.125. The number of benzene rings is 3. The number of hydrogen-bond donors (Lipinski definition) is 2. The first-order valence-electron chi connectivity index (χ1n) is 9.18. The summed E-state index contributed by atoms with van der Waals surface area (Å²) in [6.07, 6.45) is 0.259. The molecule has 2 amide bonds. The van der Waals surface area contributed by atoms with Gasteiger partial charge in [0.1, 0.15) is 0 Å². The molecule has 0 heterocycles. The summed E-state index contributed by atoms with van der Waals surface area (Å²) in [6.45, 7) is 2.60. The number of amides is 2. The molecule has 3 aromatic rings. The van der Waals surface area contributed by atoms with Crippen LogP contribution in [0.3, 0.4) is 0 Å². The second-order valence-corrected chi connectivity index (χ2v) is 6.71. The molecule has 1 unspecified atom stereocenters. The van der Waals surface area contributed by atoms with Crippen molar-refractivity contribution in [3.05, 3.63) is 83.9 Å². The van der Waals surface area contributed by atoms with E-state index in [1.165, 1.54) is 5.56 Å². The van der Waals surface area contributed by atoms with Gasteiger partial charge >= 0.3 is 0 Å². The van der Waals surface area contributed by atoms with Crippen LogP contribution in [0.2, 0.25) is 0 Å². The molecule has 27 heavy (non-hydrogen) atoms. The van der Waals surface area contributed by atoms with Crippen molar-refractivity contribution in [1.29, 1.82) is 0 Å². The van der Waals surface area contributed by atoms with Crippen molar-refractivity contribution < 1.29 is 9.59 Å². The van der Waals surface area contributed by atoms with Gasteiger partial charge in [-0.15, -0.1) is 0 Å². The lowest BCUT2D eigenvalue weighted by Gasteiger charge is -2.13. The van der Waals surface area contributed by atoms with E-state index >= 15 is 0 Å². The molecule has 0 aromatic heterocycles. The molecule has 4 heteroatoms. The third-order valence-electron chi connectivity index (χ3n) is 4.65. The second kappa shape index (κ2) is 8.99. The predicted octanol–water partition coefficient (Wildman–Crippen LogP) is 3.42. The minimum Gasteiger partial charge on any atom is -0.354 e. The number of fused-ring (bicyclic) bond motifs is 1. The first kappa shape index (κ1) is 18.6. The van der Waals surface area contributed by atoms with E-state index in [4.69, 9.17) is 0 Å². The van der Waals surface area contributed by atoms with Crippen molar-refractivity contribution in [2.24, 2.45) is 0 Å². The van der Waals surface area contributed by atoms with Gasteiger partial charge < -0.3 is 10.6 Å². The van der Waals surface area contributed by atoms with Gasteiger partial charge in [-0.25, -0.2) is 0 Å². The van der Waals surface area contributed by atoms with Crippen LogP contribution in [0.25, 0.3) is 10.8 Å². The summed E-state index contributed by atoms with van der Waals surface area (Å²) >= 11 is 0. The molecule has 0 radical (unpaired) electrons. The van der Waals surface area contributed by atoms with Crippen molar-refractivity contribution in [3.63, 3.8) is 0 Å². The summed E-state index contributed by atoms with van der Waals surface area (Å²) in [5.41, 5.74) is 2.14. The van der Waals surface area contributed by atoms with Gasteiger partial charge in [0.05, 0.1) is 13.0 Å². The standard InChI is InChI=1S/C23H24N2O2/c1-17(18-8-3-2-4-9-18)15-24-23(27)16-25-22(26)14-20-12-7-11-19-10-5-6-13-21(19)20/h2-13,17H,14-16H2,1H3,(H,24,27)(H,25,26). The van der Waals surface area contributed by atoms with Crippen molar-refractivity contribution in [1.82, 2.24) is 10.6 Å². The van der Waals surface area contributed by atoms with Gasteiger partial charge in [0.2, 0.25) is 11.8 Å². The first-order chi connectivity index (χ1) is 13.1. The lowest BCUT2D eigenvalue weighted by atomic mass is 10.0. The van der Waals surface area contributed by atoms with E-state index in [0.29, 0.717) is 6.54 Å². The third kappa shape index (κ3) is 5.17. The van der Waals surface area contributed by atoms with E-state index in [1.807, 2.05) is 72.8 Å². The minimum atomic E-state index is -0.177. The number of hydrogen-bond acceptors (Lipinski definition) is 2. The Labute approximate surface area is 159 Å². The number of rotatable bonds is 7. The van der Waals surface area contributed by atoms with Crippen LogP contribution in [0.1, 0.15) is 24.0 Å². The second-order valence-electron chi connectivity index (χ2n) is 6.71. The van der Waals surface area contributed by atoms with E-state index in [0.717, 1.165) is 16.3 Å². The molecule has 1 atom stereocenters. The largest absolute Gasteiger partial charge is 0.354 e. The number of carbonyl (C=O) groups excluding carboxylic acids is 2. The van der Waals surface area contributed by atoms with Crippen LogP contribution in [0.15, 0.2) is 72.8 Å². The Morgan fingerprint density at radius 2 is 1.52 bits per heavy atom. The van der Waals surface area contributed by atoms with Gasteiger partial charge in [-0.05, 0) is 27.8 Å². The summed E-state index contributed by atoms with van der Waals surface area (Å²) < 4.78 is 0. The molecule has 0 aliphatic rings. The van der Waals surface area contributed by atoms with Crippen molar-refractivity contribution in [2.75, 3.05) is 13.1 Å². The van der Waals surface area contributed by atoms with Crippen LogP contribution in [0, 0.1) is 0 Å². The van der Waals surface area contributed by atoms with E-state index in [9.17, 15) is 9.59 Å². The average molecular weight is 360 g/mol. The SMILES string of the molecule is CC(CNC(=O)CNC(=O)Cc1cccc2ccccc12)c1ccccc1. The molecule has 0 aliphatic carbocycles. The van der Waals surface area contributed by atoms with Gasteiger partial charge in [0.25, 0.3) is 0 Å². The molecule has 138 valence electrons. The zero-order valence-electron chi connectivity index (χ0n) is 15.4. The molecule has 4 nitrogen and oxygen atoms in total. The van der Waals surface area contributed by atoms with Crippen LogP contribution in [-0.4, -0.2) is 24.9 Å². The molecular formula is C23H24N2O2. The highest BCUT2D eigenvalue weighted by Gasteiger charge is 2.10. The Kier molecular flexibility index (Phi) is 6.21. The van der Waals surface area contributed by atoms with Crippen LogP contribution >= 0.6 is 0 Å². The quantitative estimate of drug-likeness (QED) is 0.678. The topological polar surface area (TPSA) is 58.2 Å². The van der Waals surface area contributed by atoms with Crippen LogP contribution < -0.4 is 10.6 Å². The Morgan fingerprint density at radius 3 is 2.33 bits per heavy atom. The zero-order chi connectivity index (χ0) is 19.1. The molecule has 3 aromatic carbocycles. The fourth-order valence-electron chi connectivity index (χ4n) is 3.09. The maximum absolute atomic E-state index is 12.2. The monoisotopic (exact) mass is 360 g/mol. The molecule has 0 aliphatic heterocycles. The Morgan fingerprint density at radius 1 is 0.815 bits per heavy atom. The van der Waals surface area contributed by atoms with Crippen LogP contribution in [0.5, 0.6) is 0 Å². The summed E-state index contributed by atoms with van der Waals surface area (Å²) in [4.78, 5) is 24.3. The van der Waals surface area contributed by atoms with E-state index in [2.05, 4.69) is 17.6 Å². The highest BCUT2D eigenvalue weighted by atomic mass is 16.2. The van der Waals surface area contributed by atoms with Gasteiger partial charge in [-0.2, -0.15) is 0 Å². The maximum atomic E-state index is 12.2. The fraction of sp³-hybridized carbons (Fsp3) is 0.217. The lowest BCUT2D eigenvalue weighted by Crippen LogP contribution is -2.38. The van der Waals surface area contributed by atoms with E-state index in [-0.39, 0.29) is 30.7 Å². The smallest absolute Gasteiger partial charge is 0.239 e. The average Bonchev–Trinajstić information content (AvgIpc) is 2.71. The van der Waals surface area contributed by atoms with Crippen molar-refractivity contribution in [3.8, 4) is 0 Å². The molecule has 0 saturated carbocycles. The van der Waals surface area contributed by atoms with Gasteiger partial charge in [-0.3, -0.25) is 9.59 Å². The minimum absolute atomic E-state index is 0.00882. The van der Waals surface area contributed by atoms with Gasteiger partial charge in [-0.1, -0.05) is 79.7 Å². The Balaban J connectivity index is 1.46. The normalized spacial score (nSPS) is 11.7. The fourth-order valence-corrected chi connectivity index (χ4v) is 3.09. The van der Waals surface area contributed by atoms with E-state index < -0.39 is 0 Å². The number of carbonyl (C=O) groups is 2. The first-order valence-corrected chi connectivity index (χ1v) is 9.18. The van der Waals surface area contributed by atoms with Crippen LogP contribution in [0.4, 0.5) is 0 Å². The molecule has 0 saturated heterocycles. The summed E-state index contributed by atoms with van der Waals surface area (Å²) in [5, 5.41) is 7.76. The highest BCUT2D eigenvalue weighted by molar-refractivity contribution is 5.91. The highest BCUT2D eigenvalue weighted by Crippen LogP contribution is 2.18. The van der Waals surface area contributed by atoms with Crippen LogP contribution in [-0.2, 0) is 16.0 Å². The molecule has 0 bridgehead atoms. The summed E-state index contributed by atoms with van der Waals surface area (Å²) in [7, 11) is 0. The molecule has 2 N–H and O–H groups in total. The van der Waals surface area contributed by atoms with Gasteiger partial charge in [0, 0.05) is 6.54 Å². The summed E-state index contributed by atoms with van der Waals surface area (Å²) in [5.74, 6) is -0.108. The Bertz CT molecular complexity index is 917. The van der Waals surface area contributed by atoms with Gasteiger partial charge in [0.15, 0.2) is 0 Å². The summed E-state index contributed by atoms with van der Waals surface area (Å²) in [6, 6.07) is 23.9. The predicted molar refractivity (Wildman–Crippen MR) is 109 cm³/mol. The van der Waals surface area contributed by atoms with Crippen molar-refractivity contribution >= 4 is 22.6 Å². The van der Waals surface area contributed by atoms with Crippen molar-refractivity contribution in [2.45, 2.75) is 19.3 Å². The molecule has 3 rings (SSSR count). The maximum Gasteiger partial charge on any atom is 0.239 e. The molecule has 0 spiro atoms. The van der Waals surface area contributed by atoms with E-state index in [1.54, 1.807) is 0 Å².